The van der Waals surface area contributed by atoms with Gasteiger partial charge in [0.15, 0.2) is 0 Å². The molecule has 1 heterocycles. The maximum absolute atomic E-state index is 12.5. The Hall–Kier alpha value is -1.08. The van der Waals surface area contributed by atoms with Gasteiger partial charge in [0.05, 0.1) is 11.3 Å². The number of rotatable bonds is 2. The van der Waals surface area contributed by atoms with Crippen LogP contribution in [0.2, 0.25) is 0 Å². The van der Waals surface area contributed by atoms with Crippen LogP contribution in [0, 0.1) is 0 Å². The monoisotopic (exact) mass is 219 g/mol. The summed E-state index contributed by atoms with van der Waals surface area (Å²) in [5.41, 5.74) is -1.29. The quantitative estimate of drug-likeness (QED) is 0.705. The molecule has 0 bridgehead atoms. The zero-order valence-corrected chi connectivity index (χ0v) is 7.91. The van der Waals surface area contributed by atoms with Crippen LogP contribution >= 0.6 is 0 Å². The summed E-state index contributed by atoms with van der Waals surface area (Å²) >= 11 is 0. The summed E-state index contributed by atoms with van der Waals surface area (Å²) in [6.07, 6.45) is -3.36. The van der Waals surface area contributed by atoms with E-state index in [2.05, 4.69) is 4.98 Å². The van der Waals surface area contributed by atoms with Crippen molar-refractivity contribution in [1.29, 1.82) is 0 Å². The van der Waals surface area contributed by atoms with Crippen molar-refractivity contribution in [1.82, 2.24) is 4.98 Å². The third kappa shape index (κ3) is 2.70. The van der Waals surface area contributed by atoms with E-state index in [4.69, 9.17) is 10.0 Å². The zero-order valence-electron chi connectivity index (χ0n) is 7.91. The largest absolute Gasteiger partial charge is 0.490 e. The Morgan fingerprint density at radius 3 is 2.40 bits per heavy atom. The third-order valence-corrected chi connectivity index (χ3v) is 1.93. The lowest BCUT2D eigenvalue weighted by Crippen LogP contribution is -2.32. The molecule has 1 aromatic heterocycles. The van der Waals surface area contributed by atoms with Crippen molar-refractivity contribution in [2.24, 2.45) is 0 Å². The van der Waals surface area contributed by atoms with Gasteiger partial charge < -0.3 is 10.0 Å². The van der Waals surface area contributed by atoms with Gasteiger partial charge in [0.2, 0.25) is 0 Å². The number of halogens is 3. The Kier molecular flexibility index (Phi) is 3.36. The van der Waals surface area contributed by atoms with Gasteiger partial charge in [0.25, 0.3) is 0 Å². The van der Waals surface area contributed by atoms with E-state index in [1.807, 2.05) is 0 Å². The Morgan fingerprint density at radius 2 is 2.00 bits per heavy atom. The lowest BCUT2D eigenvalue weighted by molar-refractivity contribution is -0.138. The number of aryl methyl sites for hydroxylation is 1. The molecule has 0 spiro atoms. The second-order valence-electron chi connectivity index (χ2n) is 2.99. The number of nitrogens with zero attached hydrogens (tertiary/aromatic N) is 1. The average Bonchev–Trinajstić information content (AvgIpc) is 2.15. The van der Waals surface area contributed by atoms with Crippen molar-refractivity contribution >= 4 is 12.6 Å². The lowest BCUT2D eigenvalue weighted by atomic mass is 9.80. The SMILES string of the molecule is CCc1ncc(B(O)O)cc1C(F)(F)F. The van der Waals surface area contributed by atoms with E-state index in [1.54, 1.807) is 6.92 Å². The van der Waals surface area contributed by atoms with E-state index in [9.17, 15) is 13.2 Å². The number of aromatic nitrogens is 1. The van der Waals surface area contributed by atoms with E-state index >= 15 is 0 Å². The van der Waals surface area contributed by atoms with Gasteiger partial charge in [-0.25, -0.2) is 0 Å². The minimum atomic E-state index is -4.52. The molecule has 0 saturated heterocycles. The lowest BCUT2D eigenvalue weighted by Gasteiger charge is -2.12. The van der Waals surface area contributed by atoms with Crippen LogP contribution in [0.3, 0.4) is 0 Å². The van der Waals surface area contributed by atoms with Gasteiger partial charge >= 0.3 is 13.3 Å². The fraction of sp³-hybridized carbons (Fsp3) is 0.375. The van der Waals surface area contributed by atoms with Crippen LogP contribution in [-0.2, 0) is 12.6 Å². The average molecular weight is 219 g/mol. The molecule has 1 rings (SSSR count). The van der Waals surface area contributed by atoms with Crippen LogP contribution in [0.5, 0.6) is 0 Å². The van der Waals surface area contributed by atoms with Crippen LogP contribution in [0.25, 0.3) is 0 Å². The van der Waals surface area contributed by atoms with Crippen molar-refractivity contribution < 1.29 is 23.2 Å². The predicted octanol–water partition coefficient (Wildman–Crippen LogP) is 0.343. The van der Waals surface area contributed by atoms with Crippen molar-refractivity contribution in [3.8, 4) is 0 Å². The molecular weight excluding hydrogens is 210 g/mol. The molecule has 0 amide bonds. The summed E-state index contributed by atoms with van der Waals surface area (Å²) in [6.45, 7) is 1.55. The molecule has 0 radical (unpaired) electrons. The van der Waals surface area contributed by atoms with Gasteiger partial charge in [0, 0.05) is 11.7 Å². The van der Waals surface area contributed by atoms with Crippen LogP contribution in [0.15, 0.2) is 12.3 Å². The Bertz CT molecular complexity index is 354. The first-order valence-electron chi connectivity index (χ1n) is 4.28. The number of alkyl halides is 3. The summed E-state index contributed by atoms with van der Waals surface area (Å²) in [6, 6.07) is 0.705. The molecule has 1 aromatic rings. The molecule has 0 aromatic carbocycles. The molecule has 0 atom stereocenters. The van der Waals surface area contributed by atoms with Crippen molar-refractivity contribution in [2.45, 2.75) is 19.5 Å². The van der Waals surface area contributed by atoms with E-state index in [0.29, 0.717) is 6.07 Å². The maximum Gasteiger partial charge on any atom is 0.490 e. The summed E-state index contributed by atoms with van der Waals surface area (Å²) in [4.78, 5) is 3.54. The van der Waals surface area contributed by atoms with Gasteiger partial charge in [-0.3, -0.25) is 4.98 Å². The van der Waals surface area contributed by atoms with Crippen molar-refractivity contribution in [2.75, 3.05) is 0 Å². The minimum Gasteiger partial charge on any atom is -0.423 e. The summed E-state index contributed by atoms with van der Waals surface area (Å²) < 4.78 is 37.4. The fourth-order valence-electron chi connectivity index (χ4n) is 1.18. The Balaban J connectivity index is 3.26. The molecule has 82 valence electrons. The van der Waals surface area contributed by atoms with E-state index in [0.717, 1.165) is 6.20 Å². The van der Waals surface area contributed by atoms with Gasteiger partial charge in [-0.05, 0) is 12.5 Å². The van der Waals surface area contributed by atoms with Gasteiger partial charge in [-0.1, -0.05) is 6.92 Å². The molecule has 2 N–H and O–H groups in total. The highest BCUT2D eigenvalue weighted by Crippen LogP contribution is 2.30. The van der Waals surface area contributed by atoms with Gasteiger partial charge in [0.1, 0.15) is 0 Å². The molecule has 0 aliphatic rings. The summed E-state index contributed by atoms with van der Waals surface area (Å²) in [5.74, 6) is 0. The minimum absolute atomic E-state index is 0.105. The first kappa shape index (κ1) is 12.0. The third-order valence-electron chi connectivity index (χ3n) is 1.93. The molecule has 7 heteroatoms. The fourth-order valence-corrected chi connectivity index (χ4v) is 1.18. The molecule has 0 aliphatic carbocycles. The number of hydrogen-bond acceptors (Lipinski definition) is 3. The molecular formula is C8H9BF3NO2. The normalized spacial score (nSPS) is 11.6. The molecule has 15 heavy (non-hydrogen) atoms. The van der Waals surface area contributed by atoms with E-state index < -0.39 is 18.9 Å². The highest BCUT2D eigenvalue weighted by Gasteiger charge is 2.34. The maximum atomic E-state index is 12.5. The molecule has 0 aliphatic heterocycles. The van der Waals surface area contributed by atoms with Gasteiger partial charge in [-0.15, -0.1) is 0 Å². The van der Waals surface area contributed by atoms with Crippen molar-refractivity contribution in [3.63, 3.8) is 0 Å². The Labute approximate surface area is 84.7 Å². The topological polar surface area (TPSA) is 53.4 Å². The van der Waals surface area contributed by atoms with Gasteiger partial charge in [-0.2, -0.15) is 13.2 Å². The predicted molar refractivity (Wildman–Crippen MR) is 48.4 cm³/mol. The van der Waals surface area contributed by atoms with Crippen LogP contribution in [0.1, 0.15) is 18.2 Å². The van der Waals surface area contributed by atoms with Crippen LogP contribution in [0.4, 0.5) is 13.2 Å². The van der Waals surface area contributed by atoms with Crippen LogP contribution < -0.4 is 5.46 Å². The second kappa shape index (κ2) is 4.20. The van der Waals surface area contributed by atoms with Crippen LogP contribution in [-0.4, -0.2) is 22.2 Å². The number of hydrogen-bond donors (Lipinski definition) is 2. The number of pyridine rings is 1. The molecule has 3 nitrogen and oxygen atoms in total. The molecule has 0 unspecified atom stereocenters. The zero-order chi connectivity index (χ0) is 11.6. The standard InChI is InChI=1S/C8H9BF3NO2/c1-2-7-6(8(10,11)12)3-5(4-13-7)9(14)15/h3-4,14-15H,2H2,1H3. The van der Waals surface area contributed by atoms with E-state index in [-0.39, 0.29) is 17.6 Å². The molecule has 0 saturated carbocycles. The first-order chi connectivity index (χ1) is 6.86. The smallest absolute Gasteiger partial charge is 0.423 e. The molecule has 0 fully saturated rings. The first-order valence-corrected chi connectivity index (χ1v) is 4.28. The highest BCUT2D eigenvalue weighted by molar-refractivity contribution is 6.58. The van der Waals surface area contributed by atoms with E-state index in [1.165, 1.54) is 0 Å². The highest BCUT2D eigenvalue weighted by atomic mass is 19.4. The second-order valence-corrected chi connectivity index (χ2v) is 2.99. The summed E-state index contributed by atoms with van der Waals surface area (Å²) in [7, 11) is -1.94. The summed E-state index contributed by atoms with van der Waals surface area (Å²) in [5, 5.41) is 17.5. The van der Waals surface area contributed by atoms with Crippen molar-refractivity contribution in [3.05, 3.63) is 23.5 Å². The Morgan fingerprint density at radius 1 is 1.40 bits per heavy atom.